The van der Waals surface area contributed by atoms with Crippen LogP contribution in [0.3, 0.4) is 0 Å². The SMILES string of the molecule is C=CCNc1cc(-c2ccccc2)nc(NCCc2cccc(OC)c2)n1. The number of benzene rings is 2. The molecular weight excluding hydrogens is 336 g/mol. The summed E-state index contributed by atoms with van der Waals surface area (Å²) in [6, 6.07) is 20.1. The van der Waals surface area contributed by atoms with Crippen molar-refractivity contribution >= 4 is 11.8 Å². The lowest BCUT2D eigenvalue weighted by Gasteiger charge is -2.11. The van der Waals surface area contributed by atoms with Gasteiger partial charge in [0, 0.05) is 24.7 Å². The van der Waals surface area contributed by atoms with Gasteiger partial charge in [-0.25, -0.2) is 4.98 Å². The summed E-state index contributed by atoms with van der Waals surface area (Å²) in [6.07, 6.45) is 2.66. The Morgan fingerprint density at radius 2 is 1.85 bits per heavy atom. The Kier molecular flexibility index (Phi) is 6.41. The van der Waals surface area contributed by atoms with Crippen molar-refractivity contribution in [1.82, 2.24) is 9.97 Å². The fourth-order valence-electron chi connectivity index (χ4n) is 2.70. The van der Waals surface area contributed by atoms with E-state index in [1.54, 1.807) is 13.2 Å². The quantitative estimate of drug-likeness (QED) is 0.554. The van der Waals surface area contributed by atoms with Crippen LogP contribution in [0.25, 0.3) is 11.3 Å². The van der Waals surface area contributed by atoms with Crippen molar-refractivity contribution < 1.29 is 4.74 Å². The first-order valence-corrected chi connectivity index (χ1v) is 8.94. The molecule has 0 aliphatic heterocycles. The van der Waals surface area contributed by atoms with E-state index >= 15 is 0 Å². The molecule has 0 atom stereocenters. The standard InChI is InChI=1S/C22H24N4O/c1-3-13-23-21-16-20(18-9-5-4-6-10-18)25-22(26-21)24-14-12-17-8-7-11-19(15-17)27-2/h3-11,15-16H,1,12-14H2,2H3,(H2,23,24,25,26). The highest BCUT2D eigenvalue weighted by Gasteiger charge is 2.06. The average molecular weight is 360 g/mol. The summed E-state index contributed by atoms with van der Waals surface area (Å²) in [4.78, 5) is 9.22. The second-order valence-corrected chi connectivity index (χ2v) is 6.03. The number of aromatic nitrogens is 2. The van der Waals surface area contributed by atoms with E-state index in [-0.39, 0.29) is 0 Å². The average Bonchev–Trinajstić information content (AvgIpc) is 2.73. The van der Waals surface area contributed by atoms with Gasteiger partial charge in [-0.3, -0.25) is 0 Å². The van der Waals surface area contributed by atoms with E-state index in [1.165, 1.54) is 5.56 Å². The highest BCUT2D eigenvalue weighted by atomic mass is 16.5. The van der Waals surface area contributed by atoms with Crippen LogP contribution in [0.1, 0.15) is 5.56 Å². The van der Waals surface area contributed by atoms with E-state index < -0.39 is 0 Å². The monoisotopic (exact) mass is 360 g/mol. The minimum Gasteiger partial charge on any atom is -0.497 e. The van der Waals surface area contributed by atoms with Gasteiger partial charge in [0.2, 0.25) is 5.95 Å². The van der Waals surface area contributed by atoms with Gasteiger partial charge in [0.25, 0.3) is 0 Å². The zero-order valence-electron chi connectivity index (χ0n) is 15.5. The van der Waals surface area contributed by atoms with Crippen LogP contribution in [0, 0.1) is 0 Å². The van der Waals surface area contributed by atoms with Crippen molar-refractivity contribution in [1.29, 1.82) is 0 Å². The second kappa shape index (κ2) is 9.38. The highest BCUT2D eigenvalue weighted by molar-refractivity contribution is 5.64. The van der Waals surface area contributed by atoms with Gasteiger partial charge in [-0.2, -0.15) is 4.98 Å². The van der Waals surface area contributed by atoms with Gasteiger partial charge >= 0.3 is 0 Å². The smallest absolute Gasteiger partial charge is 0.225 e. The molecule has 0 radical (unpaired) electrons. The van der Waals surface area contributed by atoms with Gasteiger partial charge in [0.1, 0.15) is 11.6 Å². The molecule has 2 N–H and O–H groups in total. The second-order valence-electron chi connectivity index (χ2n) is 6.03. The number of rotatable bonds is 9. The van der Waals surface area contributed by atoms with Gasteiger partial charge in [-0.15, -0.1) is 6.58 Å². The molecule has 0 aliphatic carbocycles. The van der Waals surface area contributed by atoms with Crippen molar-refractivity contribution in [2.45, 2.75) is 6.42 Å². The molecular formula is C22H24N4O. The Morgan fingerprint density at radius 1 is 1.00 bits per heavy atom. The largest absolute Gasteiger partial charge is 0.497 e. The molecule has 0 saturated heterocycles. The molecule has 138 valence electrons. The van der Waals surface area contributed by atoms with Crippen molar-refractivity contribution in [2.75, 3.05) is 30.8 Å². The Morgan fingerprint density at radius 3 is 2.63 bits per heavy atom. The molecule has 0 unspecified atom stereocenters. The Labute approximate surface area is 160 Å². The minimum absolute atomic E-state index is 0.603. The van der Waals surface area contributed by atoms with Crippen LogP contribution in [0.5, 0.6) is 5.75 Å². The first-order chi connectivity index (χ1) is 13.3. The van der Waals surface area contributed by atoms with Crippen LogP contribution in [0.2, 0.25) is 0 Å². The normalized spacial score (nSPS) is 10.3. The first kappa shape index (κ1) is 18.5. The molecule has 27 heavy (non-hydrogen) atoms. The molecule has 2 aromatic carbocycles. The third-order valence-electron chi connectivity index (χ3n) is 4.05. The summed E-state index contributed by atoms with van der Waals surface area (Å²) in [5, 5.41) is 6.57. The van der Waals surface area contributed by atoms with Crippen LogP contribution in [-0.2, 0) is 6.42 Å². The molecule has 0 fully saturated rings. The lowest BCUT2D eigenvalue weighted by Crippen LogP contribution is -2.10. The zero-order chi connectivity index (χ0) is 18.9. The molecule has 0 spiro atoms. The minimum atomic E-state index is 0.603. The molecule has 1 heterocycles. The van der Waals surface area contributed by atoms with Crippen molar-refractivity contribution in [3.05, 3.63) is 78.9 Å². The van der Waals surface area contributed by atoms with E-state index in [2.05, 4.69) is 33.2 Å². The van der Waals surface area contributed by atoms with Crippen molar-refractivity contribution in [3.63, 3.8) is 0 Å². The topological polar surface area (TPSA) is 59.1 Å². The lowest BCUT2D eigenvalue weighted by molar-refractivity contribution is 0.414. The summed E-state index contributed by atoms with van der Waals surface area (Å²) in [7, 11) is 1.68. The van der Waals surface area contributed by atoms with Crippen LogP contribution in [-0.4, -0.2) is 30.2 Å². The maximum Gasteiger partial charge on any atom is 0.225 e. The number of hydrogen-bond acceptors (Lipinski definition) is 5. The fraction of sp³-hybridized carbons (Fsp3) is 0.182. The Balaban J connectivity index is 1.74. The van der Waals surface area contributed by atoms with Crippen LogP contribution in [0.15, 0.2) is 73.3 Å². The van der Waals surface area contributed by atoms with E-state index in [0.717, 1.165) is 35.8 Å². The fourth-order valence-corrected chi connectivity index (χ4v) is 2.70. The van der Waals surface area contributed by atoms with Crippen molar-refractivity contribution in [3.8, 4) is 17.0 Å². The molecule has 0 amide bonds. The number of nitrogens with zero attached hydrogens (tertiary/aromatic N) is 2. The maximum atomic E-state index is 5.28. The summed E-state index contributed by atoms with van der Waals surface area (Å²) in [6.45, 7) is 5.12. The molecule has 5 heteroatoms. The van der Waals surface area contributed by atoms with Gasteiger partial charge in [0.15, 0.2) is 0 Å². The molecule has 5 nitrogen and oxygen atoms in total. The lowest BCUT2D eigenvalue weighted by atomic mass is 10.1. The molecule has 0 aliphatic rings. The van der Waals surface area contributed by atoms with Crippen LogP contribution >= 0.6 is 0 Å². The van der Waals surface area contributed by atoms with Crippen molar-refractivity contribution in [2.24, 2.45) is 0 Å². The van der Waals surface area contributed by atoms with E-state index in [1.807, 2.05) is 54.6 Å². The number of ether oxygens (including phenoxy) is 1. The summed E-state index contributed by atoms with van der Waals surface area (Å²) in [5.41, 5.74) is 3.13. The number of anilines is 2. The summed E-state index contributed by atoms with van der Waals surface area (Å²) in [5.74, 6) is 2.24. The van der Waals surface area contributed by atoms with E-state index in [0.29, 0.717) is 12.5 Å². The van der Waals surface area contributed by atoms with E-state index in [9.17, 15) is 0 Å². The number of hydrogen-bond donors (Lipinski definition) is 2. The number of nitrogens with one attached hydrogen (secondary N) is 2. The molecule has 0 saturated carbocycles. The Hall–Kier alpha value is -3.34. The van der Waals surface area contributed by atoms with Gasteiger partial charge < -0.3 is 15.4 Å². The highest BCUT2D eigenvalue weighted by Crippen LogP contribution is 2.21. The Bertz CT molecular complexity index is 880. The predicted octanol–water partition coefficient (Wildman–Crippen LogP) is 4.40. The van der Waals surface area contributed by atoms with E-state index in [4.69, 9.17) is 4.74 Å². The van der Waals surface area contributed by atoms with Gasteiger partial charge in [0.05, 0.1) is 12.8 Å². The third kappa shape index (κ3) is 5.31. The summed E-state index contributed by atoms with van der Waals surface area (Å²) < 4.78 is 5.28. The molecule has 1 aromatic heterocycles. The van der Waals surface area contributed by atoms with Crippen LogP contribution in [0.4, 0.5) is 11.8 Å². The molecule has 0 bridgehead atoms. The summed E-state index contributed by atoms with van der Waals surface area (Å²) >= 11 is 0. The molecule has 3 rings (SSSR count). The van der Waals surface area contributed by atoms with Crippen LogP contribution < -0.4 is 15.4 Å². The first-order valence-electron chi connectivity index (χ1n) is 8.94. The van der Waals surface area contributed by atoms with Gasteiger partial charge in [-0.1, -0.05) is 48.5 Å². The number of methoxy groups -OCH3 is 1. The third-order valence-corrected chi connectivity index (χ3v) is 4.05. The maximum absolute atomic E-state index is 5.28. The predicted molar refractivity (Wildman–Crippen MR) is 111 cm³/mol. The van der Waals surface area contributed by atoms with Gasteiger partial charge in [-0.05, 0) is 24.1 Å². The molecule has 3 aromatic rings. The zero-order valence-corrected chi connectivity index (χ0v) is 15.5.